The van der Waals surface area contributed by atoms with Gasteiger partial charge in [-0.15, -0.1) is 12.4 Å². The number of piperidine rings is 1. The lowest BCUT2D eigenvalue weighted by Crippen LogP contribution is -2.53. The van der Waals surface area contributed by atoms with E-state index in [-0.39, 0.29) is 30.2 Å². The van der Waals surface area contributed by atoms with E-state index in [1.807, 2.05) is 0 Å². The molecule has 4 nitrogen and oxygen atoms in total. The number of rotatable bonds is 5. The van der Waals surface area contributed by atoms with Crippen molar-refractivity contribution in [1.29, 1.82) is 0 Å². The first kappa shape index (κ1) is 18.2. The van der Waals surface area contributed by atoms with Gasteiger partial charge < -0.3 is 10.6 Å². The Morgan fingerprint density at radius 1 is 1.26 bits per heavy atom. The first-order valence-corrected chi connectivity index (χ1v) is 8.19. The highest BCUT2D eigenvalue weighted by Gasteiger charge is 2.29. The molecule has 128 valence electrons. The summed E-state index contributed by atoms with van der Waals surface area (Å²) in [5, 5.41) is 6.32. The molecule has 0 bridgehead atoms. The first-order chi connectivity index (χ1) is 10.7. The van der Waals surface area contributed by atoms with E-state index in [1.165, 1.54) is 12.1 Å². The van der Waals surface area contributed by atoms with Crippen LogP contribution in [0.2, 0.25) is 0 Å². The minimum absolute atomic E-state index is 0. The first-order valence-electron chi connectivity index (χ1n) is 8.19. The number of amides is 1. The van der Waals surface area contributed by atoms with Gasteiger partial charge in [0.05, 0.1) is 6.04 Å². The summed E-state index contributed by atoms with van der Waals surface area (Å²) in [7, 11) is 0. The fourth-order valence-corrected chi connectivity index (χ4v) is 3.16. The predicted molar refractivity (Wildman–Crippen MR) is 91.1 cm³/mol. The minimum atomic E-state index is -0.217. The number of hydrogen-bond donors (Lipinski definition) is 2. The lowest BCUT2D eigenvalue weighted by Gasteiger charge is -2.35. The largest absolute Gasteiger partial charge is 0.354 e. The van der Waals surface area contributed by atoms with Gasteiger partial charge in [-0.1, -0.05) is 18.6 Å². The second kappa shape index (κ2) is 8.62. The average Bonchev–Trinajstić information content (AvgIpc) is 2.48. The number of nitrogens with zero attached hydrogens (tertiary/aromatic N) is 1. The molecule has 1 aromatic rings. The molecule has 0 aliphatic carbocycles. The van der Waals surface area contributed by atoms with Gasteiger partial charge in [0.2, 0.25) is 5.91 Å². The highest BCUT2D eigenvalue weighted by molar-refractivity contribution is 5.85. The van der Waals surface area contributed by atoms with E-state index >= 15 is 0 Å². The SMILES string of the molecule is Cl.O=C(NCC1CNC1)C1CCCCN1Cc1ccc(F)cc1. The van der Waals surface area contributed by atoms with Crippen molar-refractivity contribution in [2.45, 2.75) is 31.8 Å². The van der Waals surface area contributed by atoms with Crippen LogP contribution in [0.15, 0.2) is 24.3 Å². The number of hydrogen-bond acceptors (Lipinski definition) is 3. The maximum atomic E-state index is 13.0. The fraction of sp³-hybridized carbons (Fsp3) is 0.588. The van der Waals surface area contributed by atoms with Crippen LogP contribution in [-0.4, -0.2) is 43.0 Å². The lowest BCUT2D eigenvalue weighted by atomic mass is 9.99. The molecular weight excluding hydrogens is 317 g/mol. The summed E-state index contributed by atoms with van der Waals surface area (Å²) in [6.45, 7) is 4.42. The molecule has 1 aromatic carbocycles. The Hall–Kier alpha value is -1.17. The van der Waals surface area contributed by atoms with E-state index in [1.54, 1.807) is 12.1 Å². The Bertz CT molecular complexity index is 507. The van der Waals surface area contributed by atoms with Gasteiger partial charge in [-0.2, -0.15) is 0 Å². The van der Waals surface area contributed by atoms with Gasteiger partial charge in [0.1, 0.15) is 5.82 Å². The molecule has 2 heterocycles. The molecular formula is C17H25ClFN3O. The smallest absolute Gasteiger partial charge is 0.237 e. The van der Waals surface area contributed by atoms with Gasteiger partial charge in [-0.3, -0.25) is 9.69 Å². The van der Waals surface area contributed by atoms with Gasteiger partial charge in [0, 0.05) is 32.1 Å². The van der Waals surface area contributed by atoms with Crippen molar-refractivity contribution >= 4 is 18.3 Å². The fourth-order valence-electron chi connectivity index (χ4n) is 3.16. The zero-order valence-corrected chi connectivity index (χ0v) is 14.1. The third kappa shape index (κ3) is 4.90. The molecule has 3 rings (SSSR count). The van der Waals surface area contributed by atoms with E-state index in [4.69, 9.17) is 0 Å². The standard InChI is InChI=1S/C17H24FN3O.ClH/c18-15-6-4-13(5-7-15)12-21-8-2-1-3-16(21)17(22)20-11-14-9-19-10-14;/h4-7,14,16,19H,1-3,8-12H2,(H,20,22);1H. The van der Waals surface area contributed by atoms with E-state index in [9.17, 15) is 9.18 Å². The Labute approximate surface area is 143 Å². The number of nitrogens with one attached hydrogen (secondary N) is 2. The van der Waals surface area contributed by atoms with Crippen molar-refractivity contribution in [1.82, 2.24) is 15.5 Å². The van der Waals surface area contributed by atoms with Crippen molar-refractivity contribution in [2.24, 2.45) is 5.92 Å². The summed E-state index contributed by atoms with van der Waals surface area (Å²) in [4.78, 5) is 14.7. The Kier molecular flexibility index (Phi) is 6.81. The highest BCUT2D eigenvalue weighted by atomic mass is 35.5. The van der Waals surface area contributed by atoms with Gasteiger partial charge in [0.25, 0.3) is 0 Å². The molecule has 23 heavy (non-hydrogen) atoms. The van der Waals surface area contributed by atoms with Gasteiger partial charge >= 0.3 is 0 Å². The molecule has 1 atom stereocenters. The van der Waals surface area contributed by atoms with Crippen molar-refractivity contribution in [3.63, 3.8) is 0 Å². The van der Waals surface area contributed by atoms with Crippen molar-refractivity contribution in [3.8, 4) is 0 Å². The molecule has 1 amide bonds. The molecule has 2 fully saturated rings. The summed E-state index contributed by atoms with van der Waals surface area (Å²) >= 11 is 0. The van der Waals surface area contributed by atoms with Crippen molar-refractivity contribution in [3.05, 3.63) is 35.6 Å². The summed E-state index contributed by atoms with van der Waals surface area (Å²) in [6.07, 6.45) is 3.14. The number of carbonyl (C=O) groups is 1. The quantitative estimate of drug-likeness (QED) is 0.860. The summed E-state index contributed by atoms with van der Waals surface area (Å²) in [5.41, 5.74) is 1.06. The molecule has 2 aliphatic heterocycles. The van der Waals surface area contributed by atoms with Crippen LogP contribution < -0.4 is 10.6 Å². The van der Waals surface area contributed by atoms with Crippen LogP contribution in [-0.2, 0) is 11.3 Å². The molecule has 2 saturated heterocycles. The average molecular weight is 342 g/mol. The van der Waals surface area contributed by atoms with E-state index in [0.29, 0.717) is 12.5 Å². The Morgan fingerprint density at radius 2 is 2.00 bits per heavy atom. The maximum Gasteiger partial charge on any atom is 0.237 e. The summed E-state index contributed by atoms with van der Waals surface area (Å²) in [5.74, 6) is 0.512. The topological polar surface area (TPSA) is 44.4 Å². The molecule has 0 spiro atoms. The van der Waals surface area contributed by atoms with E-state index in [0.717, 1.165) is 51.0 Å². The molecule has 0 aromatic heterocycles. The van der Waals surface area contributed by atoms with E-state index < -0.39 is 0 Å². The molecule has 2 aliphatic rings. The Balaban J connectivity index is 0.00000192. The molecule has 1 unspecified atom stereocenters. The monoisotopic (exact) mass is 341 g/mol. The normalized spacial score (nSPS) is 22.0. The molecule has 0 radical (unpaired) electrons. The maximum absolute atomic E-state index is 13.0. The van der Waals surface area contributed by atoms with Crippen LogP contribution in [0.4, 0.5) is 4.39 Å². The predicted octanol–water partition coefficient (Wildman–Crippen LogP) is 1.94. The number of likely N-dealkylation sites (tertiary alicyclic amines) is 1. The minimum Gasteiger partial charge on any atom is -0.354 e. The van der Waals surface area contributed by atoms with Gasteiger partial charge in [-0.25, -0.2) is 4.39 Å². The second-order valence-corrected chi connectivity index (χ2v) is 6.38. The number of halogens is 2. The van der Waals surface area contributed by atoms with Crippen LogP contribution in [0.5, 0.6) is 0 Å². The zero-order valence-electron chi connectivity index (χ0n) is 13.3. The molecule has 6 heteroatoms. The third-order valence-electron chi connectivity index (χ3n) is 4.65. The second-order valence-electron chi connectivity index (χ2n) is 6.38. The number of benzene rings is 1. The molecule has 2 N–H and O–H groups in total. The van der Waals surface area contributed by atoms with Crippen molar-refractivity contribution < 1.29 is 9.18 Å². The summed E-state index contributed by atoms with van der Waals surface area (Å²) < 4.78 is 13.0. The molecule has 0 saturated carbocycles. The third-order valence-corrected chi connectivity index (χ3v) is 4.65. The van der Waals surface area contributed by atoms with Gasteiger partial charge in [-0.05, 0) is 37.1 Å². The van der Waals surface area contributed by atoms with E-state index in [2.05, 4.69) is 15.5 Å². The van der Waals surface area contributed by atoms with Crippen LogP contribution in [0.25, 0.3) is 0 Å². The van der Waals surface area contributed by atoms with Crippen molar-refractivity contribution in [2.75, 3.05) is 26.2 Å². The van der Waals surface area contributed by atoms with Crippen LogP contribution >= 0.6 is 12.4 Å². The summed E-state index contributed by atoms with van der Waals surface area (Å²) in [6, 6.07) is 6.53. The van der Waals surface area contributed by atoms with Crippen LogP contribution in [0.3, 0.4) is 0 Å². The number of carbonyl (C=O) groups excluding carboxylic acids is 1. The highest BCUT2D eigenvalue weighted by Crippen LogP contribution is 2.20. The van der Waals surface area contributed by atoms with Crippen LogP contribution in [0.1, 0.15) is 24.8 Å². The van der Waals surface area contributed by atoms with Gasteiger partial charge in [0.15, 0.2) is 0 Å². The zero-order chi connectivity index (χ0) is 15.4. The lowest BCUT2D eigenvalue weighted by molar-refractivity contribution is -0.128. The Morgan fingerprint density at radius 3 is 2.65 bits per heavy atom. The van der Waals surface area contributed by atoms with Crippen LogP contribution in [0, 0.1) is 11.7 Å².